The van der Waals surface area contributed by atoms with Crippen LogP contribution < -0.4 is 16.2 Å². The lowest BCUT2D eigenvalue weighted by atomic mass is 10.2. The molecule has 1 aliphatic heterocycles. The Morgan fingerprint density at radius 2 is 2.00 bits per heavy atom. The summed E-state index contributed by atoms with van der Waals surface area (Å²) in [6.07, 6.45) is 0.839. The maximum Gasteiger partial charge on any atom is 0.272 e. The number of carbonyl (C=O) groups excluding carboxylic acids is 1. The number of benzene rings is 1. The van der Waals surface area contributed by atoms with Gasteiger partial charge < -0.3 is 10.1 Å². The van der Waals surface area contributed by atoms with Crippen molar-refractivity contribution in [3.63, 3.8) is 0 Å². The molecule has 1 aromatic carbocycles. The molecule has 1 aliphatic rings. The summed E-state index contributed by atoms with van der Waals surface area (Å²) >= 11 is 4.95. The zero-order chi connectivity index (χ0) is 19.2. The van der Waals surface area contributed by atoms with Gasteiger partial charge in [-0.05, 0) is 36.8 Å². The Kier molecular flexibility index (Phi) is 7.26. The van der Waals surface area contributed by atoms with E-state index < -0.39 is 27.3 Å². The van der Waals surface area contributed by atoms with Gasteiger partial charge in [-0.1, -0.05) is 6.92 Å². The number of rotatable bonds is 5. The highest BCUT2D eigenvalue weighted by atomic mass is 32.2. The van der Waals surface area contributed by atoms with Crippen LogP contribution in [0.5, 0.6) is 0 Å². The zero-order valence-corrected chi connectivity index (χ0v) is 15.9. The summed E-state index contributed by atoms with van der Waals surface area (Å²) in [4.78, 5) is 12.0. The monoisotopic (exact) mass is 404 g/mol. The molecule has 0 saturated carbocycles. The molecule has 0 bridgehead atoms. The molecule has 1 aromatic rings. The van der Waals surface area contributed by atoms with E-state index in [1.165, 1.54) is 4.31 Å². The fourth-order valence-electron chi connectivity index (χ4n) is 2.24. The summed E-state index contributed by atoms with van der Waals surface area (Å²) in [6.45, 7) is 3.56. The summed E-state index contributed by atoms with van der Waals surface area (Å²) in [5.74, 6) is -1.67. The second kappa shape index (κ2) is 9.21. The van der Waals surface area contributed by atoms with E-state index in [1.807, 2.05) is 6.92 Å². The maximum atomic E-state index is 14.0. The molecule has 1 saturated heterocycles. The number of morpholine rings is 1. The maximum absolute atomic E-state index is 14.0. The highest BCUT2D eigenvalue weighted by Gasteiger charge is 2.27. The number of amides is 1. The van der Waals surface area contributed by atoms with Crippen LogP contribution >= 0.6 is 12.2 Å². The lowest BCUT2D eigenvalue weighted by Crippen LogP contribution is -2.47. The predicted octanol–water partition coefficient (Wildman–Crippen LogP) is 0.366. The first-order valence-electron chi connectivity index (χ1n) is 8.08. The summed E-state index contributed by atoms with van der Waals surface area (Å²) < 4.78 is 45.6. The lowest BCUT2D eigenvalue weighted by Gasteiger charge is -2.26. The second-order valence-electron chi connectivity index (χ2n) is 5.49. The van der Waals surface area contributed by atoms with Crippen LogP contribution in [-0.2, 0) is 14.8 Å². The molecule has 3 N–H and O–H groups in total. The fourth-order valence-corrected chi connectivity index (χ4v) is 3.83. The van der Waals surface area contributed by atoms with Gasteiger partial charge in [-0.15, -0.1) is 0 Å². The third-order valence-corrected chi connectivity index (χ3v) is 5.76. The largest absolute Gasteiger partial charge is 0.379 e. The van der Waals surface area contributed by atoms with Gasteiger partial charge in [-0.25, -0.2) is 12.8 Å². The smallest absolute Gasteiger partial charge is 0.272 e. The molecule has 0 unspecified atom stereocenters. The van der Waals surface area contributed by atoms with Gasteiger partial charge in [0.05, 0.1) is 23.7 Å². The molecule has 0 radical (unpaired) electrons. The van der Waals surface area contributed by atoms with E-state index in [0.29, 0.717) is 19.8 Å². The van der Waals surface area contributed by atoms with Gasteiger partial charge in [-0.2, -0.15) is 4.31 Å². The molecule has 26 heavy (non-hydrogen) atoms. The predicted molar refractivity (Wildman–Crippen MR) is 97.5 cm³/mol. The van der Waals surface area contributed by atoms with Crippen molar-refractivity contribution in [1.82, 2.24) is 20.5 Å². The Bertz CT molecular complexity index is 767. The van der Waals surface area contributed by atoms with Crippen LogP contribution in [-0.4, -0.2) is 56.6 Å². The van der Waals surface area contributed by atoms with Crippen molar-refractivity contribution < 1.29 is 22.3 Å². The van der Waals surface area contributed by atoms with Crippen LogP contribution in [0.3, 0.4) is 0 Å². The first-order valence-corrected chi connectivity index (χ1v) is 9.92. The first-order chi connectivity index (χ1) is 12.4. The van der Waals surface area contributed by atoms with Crippen LogP contribution in [0.15, 0.2) is 23.1 Å². The van der Waals surface area contributed by atoms with Crippen molar-refractivity contribution in [3.8, 4) is 0 Å². The summed E-state index contributed by atoms with van der Waals surface area (Å²) in [5, 5.41) is 3.01. The minimum Gasteiger partial charge on any atom is -0.379 e. The average molecular weight is 404 g/mol. The molecule has 1 heterocycles. The molecule has 144 valence electrons. The number of halogens is 1. The average Bonchev–Trinajstić information content (AvgIpc) is 2.65. The number of ether oxygens (including phenoxy) is 1. The molecule has 0 aliphatic carbocycles. The number of nitrogens with zero attached hydrogens (tertiary/aromatic N) is 1. The molecule has 11 heteroatoms. The highest BCUT2D eigenvalue weighted by molar-refractivity contribution is 7.89. The Morgan fingerprint density at radius 1 is 1.31 bits per heavy atom. The Morgan fingerprint density at radius 3 is 2.65 bits per heavy atom. The SMILES string of the molecule is CCCNC(=S)NNC(=O)c1cc(S(=O)(=O)N2CCOCC2)ccc1F. The van der Waals surface area contributed by atoms with Gasteiger partial charge in [0.25, 0.3) is 5.91 Å². The number of hydrogen-bond donors (Lipinski definition) is 3. The molecule has 0 atom stereocenters. The van der Waals surface area contributed by atoms with E-state index >= 15 is 0 Å². The summed E-state index contributed by atoms with van der Waals surface area (Å²) in [5.41, 5.74) is 4.29. The standard InChI is InChI=1S/C15H21FN4O4S2/c1-2-5-17-15(25)19-18-14(21)12-10-11(3-4-13(12)16)26(22,23)20-6-8-24-9-7-20/h3-4,10H,2,5-9H2,1H3,(H,18,21)(H2,17,19,25). The number of hydrazine groups is 1. The van der Waals surface area contributed by atoms with E-state index in [4.69, 9.17) is 17.0 Å². The van der Waals surface area contributed by atoms with E-state index in [1.54, 1.807) is 0 Å². The van der Waals surface area contributed by atoms with Gasteiger partial charge in [0, 0.05) is 19.6 Å². The molecular formula is C15H21FN4O4S2. The van der Waals surface area contributed by atoms with E-state index in [0.717, 1.165) is 24.6 Å². The molecule has 1 amide bonds. The Labute approximate surface area is 157 Å². The number of carbonyl (C=O) groups is 1. The van der Waals surface area contributed by atoms with E-state index in [2.05, 4.69) is 16.2 Å². The van der Waals surface area contributed by atoms with Crippen LogP contribution in [0.2, 0.25) is 0 Å². The number of hydrogen-bond acceptors (Lipinski definition) is 5. The zero-order valence-electron chi connectivity index (χ0n) is 14.2. The third kappa shape index (κ3) is 5.10. The van der Waals surface area contributed by atoms with Gasteiger partial charge in [0.15, 0.2) is 5.11 Å². The van der Waals surface area contributed by atoms with Gasteiger partial charge in [0.2, 0.25) is 10.0 Å². The van der Waals surface area contributed by atoms with Crippen molar-refractivity contribution in [2.24, 2.45) is 0 Å². The van der Waals surface area contributed by atoms with Crippen molar-refractivity contribution in [3.05, 3.63) is 29.6 Å². The van der Waals surface area contributed by atoms with Gasteiger partial charge >= 0.3 is 0 Å². The normalized spacial score (nSPS) is 15.3. The van der Waals surface area contributed by atoms with Gasteiger partial charge in [0.1, 0.15) is 5.82 Å². The van der Waals surface area contributed by atoms with E-state index in [9.17, 15) is 17.6 Å². The van der Waals surface area contributed by atoms with Gasteiger partial charge in [-0.3, -0.25) is 15.6 Å². The minimum absolute atomic E-state index is 0.155. The minimum atomic E-state index is -3.83. The fraction of sp³-hybridized carbons (Fsp3) is 0.467. The van der Waals surface area contributed by atoms with Crippen LogP contribution in [0.4, 0.5) is 4.39 Å². The number of sulfonamides is 1. The van der Waals surface area contributed by atoms with Crippen molar-refractivity contribution in [2.75, 3.05) is 32.8 Å². The number of nitrogens with one attached hydrogen (secondary N) is 3. The van der Waals surface area contributed by atoms with Crippen LogP contribution in [0, 0.1) is 5.82 Å². The number of thiocarbonyl (C=S) groups is 1. The van der Waals surface area contributed by atoms with Crippen molar-refractivity contribution >= 4 is 33.3 Å². The first kappa shape index (κ1) is 20.5. The molecule has 0 aromatic heterocycles. The molecule has 2 rings (SSSR count). The third-order valence-electron chi connectivity index (χ3n) is 3.62. The second-order valence-corrected chi connectivity index (χ2v) is 7.84. The Balaban J connectivity index is 2.13. The lowest BCUT2D eigenvalue weighted by molar-refractivity contribution is 0.0730. The molecular weight excluding hydrogens is 383 g/mol. The van der Waals surface area contributed by atoms with Crippen molar-refractivity contribution in [2.45, 2.75) is 18.2 Å². The molecule has 0 spiro atoms. The van der Waals surface area contributed by atoms with Crippen LogP contribution in [0.25, 0.3) is 0 Å². The van der Waals surface area contributed by atoms with Crippen molar-refractivity contribution in [1.29, 1.82) is 0 Å². The Hall–Kier alpha value is -1.82. The summed E-state index contributed by atoms with van der Waals surface area (Å²) in [6, 6.07) is 3.10. The molecule has 1 fully saturated rings. The topological polar surface area (TPSA) is 99.8 Å². The van der Waals surface area contributed by atoms with Crippen LogP contribution in [0.1, 0.15) is 23.7 Å². The summed E-state index contributed by atoms with van der Waals surface area (Å²) in [7, 11) is -3.83. The van der Waals surface area contributed by atoms with E-state index in [-0.39, 0.29) is 23.1 Å². The molecule has 8 nitrogen and oxygen atoms in total. The quantitative estimate of drug-likeness (QED) is 0.481. The highest BCUT2D eigenvalue weighted by Crippen LogP contribution is 2.20.